The molecule has 0 amide bonds. The molecule has 0 atom stereocenters. The normalized spacial score (nSPS) is 12.2. The average molecular weight is 312 g/mol. The number of halogens is 4. The molecule has 0 heterocycles. The van der Waals surface area contributed by atoms with Crippen molar-refractivity contribution >= 4 is 8.80 Å². The van der Waals surface area contributed by atoms with Gasteiger partial charge in [0.05, 0.1) is 0 Å². The third-order valence-electron chi connectivity index (χ3n) is 2.62. The topological polar surface area (TPSA) is 27.7 Å². The first-order valence-corrected chi connectivity index (χ1v) is 7.79. The fraction of sp³-hybridized carbons (Fsp3) is 0.500. The molecule has 114 valence electrons. The lowest BCUT2D eigenvalue weighted by molar-refractivity contribution is 0.0687. The molecular formula is C12H16F4O3Si. The number of benzene rings is 1. The third-order valence-corrected chi connectivity index (χ3v) is 5.51. The van der Waals surface area contributed by atoms with Crippen LogP contribution in [-0.4, -0.2) is 29.1 Å². The Morgan fingerprint density at radius 1 is 1.00 bits per heavy atom. The standard InChI is InChI=1S/C12H16F4O3Si/c1-7(2)19-20(17-3,18-4)6-8-5-9(13)11(15)12(16)10(8)14/h5,7H,6H2,1-4H3. The molecule has 0 radical (unpaired) electrons. The van der Waals surface area contributed by atoms with E-state index >= 15 is 0 Å². The molecule has 0 aliphatic carbocycles. The van der Waals surface area contributed by atoms with E-state index in [9.17, 15) is 17.6 Å². The van der Waals surface area contributed by atoms with Crippen LogP contribution in [0.15, 0.2) is 6.07 Å². The van der Waals surface area contributed by atoms with Gasteiger partial charge < -0.3 is 13.3 Å². The molecule has 0 bridgehead atoms. The molecule has 0 unspecified atom stereocenters. The zero-order valence-electron chi connectivity index (χ0n) is 11.6. The molecule has 1 rings (SSSR count). The van der Waals surface area contributed by atoms with Crippen LogP contribution in [0.3, 0.4) is 0 Å². The van der Waals surface area contributed by atoms with Gasteiger partial charge in [-0.05, 0) is 25.5 Å². The van der Waals surface area contributed by atoms with Crippen molar-refractivity contribution in [2.75, 3.05) is 14.2 Å². The van der Waals surface area contributed by atoms with Crippen LogP contribution in [0.25, 0.3) is 0 Å². The average Bonchev–Trinajstić information content (AvgIpc) is 2.41. The van der Waals surface area contributed by atoms with E-state index in [2.05, 4.69) is 0 Å². The molecule has 0 aliphatic heterocycles. The highest BCUT2D eigenvalue weighted by atomic mass is 28.4. The van der Waals surface area contributed by atoms with E-state index in [1.165, 1.54) is 14.2 Å². The molecule has 0 aromatic heterocycles. The summed E-state index contributed by atoms with van der Waals surface area (Å²) < 4.78 is 68.7. The molecule has 1 aromatic carbocycles. The van der Waals surface area contributed by atoms with Crippen molar-refractivity contribution in [2.45, 2.75) is 26.0 Å². The third kappa shape index (κ3) is 3.57. The van der Waals surface area contributed by atoms with E-state index in [4.69, 9.17) is 13.3 Å². The molecular weight excluding hydrogens is 296 g/mol. The van der Waals surface area contributed by atoms with Crippen LogP contribution >= 0.6 is 0 Å². The summed E-state index contributed by atoms with van der Waals surface area (Å²) in [5, 5.41) is 0. The lowest BCUT2D eigenvalue weighted by atomic mass is 10.2. The van der Waals surface area contributed by atoms with Gasteiger partial charge in [0, 0.05) is 26.4 Å². The van der Waals surface area contributed by atoms with Gasteiger partial charge >= 0.3 is 8.80 Å². The Morgan fingerprint density at radius 3 is 2.00 bits per heavy atom. The van der Waals surface area contributed by atoms with Crippen molar-refractivity contribution in [3.8, 4) is 0 Å². The quantitative estimate of drug-likeness (QED) is 0.350. The van der Waals surface area contributed by atoms with Gasteiger partial charge in [-0.15, -0.1) is 0 Å². The minimum Gasteiger partial charge on any atom is -0.377 e. The van der Waals surface area contributed by atoms with Gasteiger partial charge in [-0.3, -0.25) is 0 Å². The van der Waals surface area contributed by atoms with Crippen LogP contribution in [0, 0.1) is 23.3 Å². The number of hydrogen-bond donors (Lipinski definition) is 0. The van der Waals surface area contributed by atoms with Gasteiger partial charge in [0.15, 0.2) is 23.3 Å². The van der Waals surface area contributed by atoms with Gasteiger partial charge in [-0.2, -0.15) is 0 Å². The van der Waals surface area contributed by atoms with Crippen LogP contribution in [0.5, 0.6) is 0 Å². The molecule has 3 nitrogen and oxygen atoms in total. The van der Waals surface area contributed by atoms with Crippen LogP contribution in [0.2, 0.25) is 0 Å². The number of rotatable bonds is 6. The maximum absolute atomic E-state index is 13.7. The fourth-order valence-electron chi connectivity index (χ4n) is 1.71. The van der Waals surface area contributed by atoms with Crippen LogP contribution in [0.1, 0.15) is 19.4 Å². The molecule has 0 aliphatic rings. The SMILES string of the molecule is CO[Si](Cc1cc(F)c(F)c(F)c1F)(OC)OC(C)C. The van der Waals surface area contributed by atoms with Crippen molar-refractivity contribution in [2.24, 2.45) is 0 Å². The van der Waals surface area contributed by atoms with Gasteiger partial charge in [-0.1, -0.05) is 0 Å². The second-order valence-corrected chi connectivity index (χ2v) is 7.17. The van der Waals surface area contributed by atoms with Crippen LogP contribution < -0.4 is 0 Å². The molecule has 20 heavy (non-hydrogen) atoms. The maximum Gasteiger partial charge on any atom is 0.505 e. The van der Waals surface area contributed by atoms with Crippen molar-refractivity contribution in [3.05, 3.63) is 34.9 Å². The monoisotopic (exact) mass is 312 g/mol. The maximum atomic E-state index is 13.7. The summed E-state index contributed by atoms with van der Waals surface area (Å²) in [5.41, 5.74) is -0.391. The van der Waals surface area contributed by atoms with E-state index < -0.39 is 37.6 Å². The van der Waals surface area contributed by atoms with Gasteiger partial charge in [0.2, 0.25) is 0 Å². The van der Waals surface area contributed by atoms with Gasteiger partial charge in [0.25, 0.3) is 0 Å². The molecule has 1 aromatic rings. The van der Waals surface area contributed by atoms with E-state index in [-0.39, 0.29) is 12.1 Å². The summed E-state index contributed by atoms with van der Waals surface area (Å²) in [6.45, 7) is 3.42. The molecule has 0 saturated heterocycles. The van der Waals surface area contributed by atoms with Crippen molar-refractivity contribution in [1.82, 2.24) is 0 Å². The first-order chi connectivity index (χ1) is 9.26. The second kappa shape index (κ2) is 6.66. The Hall–Kier alpha value is -0.963. The summed E-state index contributed by atoms with van der Waals surface area (Å²) in [7, 11) is -0.742. The van der Waals surface area contributed by atoms with E-state index in [0.29, 0.717) is 6.07 Å². The smallest absolute Gasteiger partial charge is 0.377 e. The Morgan fingerprint density at radius 2 is 1.55 bits per heavy atom. The van der Waals surface area contributed by atoms with Gasteiger partial charge in [0.1, 0.15) is 0 Å². The second-order valence-electron chi connectivity index (χ2n) is 4.39. The minimum atomic E-state index is -3.34. The molecule has 0 N–H and O–H groups in total. The van der Waals surface area contributed by atoms with E-state index in [0.717, 1.165) is 0 Å². The van der Waals surface area contributed by atoms with Gasteiger partial charge in [-0.25, -0.2) is 17.6 Å². The first kappa shape index (κ1) is 17.1. The summed E-state index contributed by atoms with van der Waals surface area (Å²) in [6.07, 6.45) is -0.292. The fourth-order valence-corrected chi connectivity index (χ4v) is 3.88. The van der Waals surface area contributed by atoms with Crippen LogP contribution in [0.4, 0.5) is 17.6 Å². The zero-order valence-corrected chi connectivity index (χ0v) is 12.6. The summed E-state index contributed by atoms with van der Waals surface area (Å²) in [5.74, 6) is -6.65. The summed E-state index contributed by atoms with van der Waals surface area (Å²) in [6, 6.07) is 0.273. The first-order valence-electron chi connectivity index (χ1n) is 5.86. The highest BCUT2D eigenvalue weighted by molar-refractivity contribution is 6.60. The largest absolute Gasteiger partial charge is 0.505 e. The molecule has 8 heteroatoms. The lowest BCUT2D eigenvalue weighted by Crippen LogP contribution is -2.48. The molecule has 0 saturated carbocycles. The lowest BCUT2D eigenvalue weighted by Gasteiger charge is -2.28. The molecule has 0 spiro atoms. The summed E-state index contributed by atoms with van der Waals surface area (Å²) >= 11 is 0. The van der Waals surface area contributed by atoms with Crippen molar-refractivity contribution in [3.63, 3.8) is 0 Å². The molecule has 0 fully saturated rings. The van der Waals surface area contributed by atoms with Crippen molar-refractivity contribution < 1.29 is 30.8 Å². The Balaban J connectivity index is 3.18. The highest BCUT2D eigenvalue weighted by Crippen LogP contribution is 2.24. The Kier molecular flexibility index (Phi) is 5.69. The highest BCUT2D eigenvalue weighted by Gasteiger charge is 2.42. The summed E-state index contributed by atoms with van der Waals surface area (Å²) in [4.78, 5) is 0. The Labute approximate surface area is 115 Å². The minimum absolute atomic E-state index is 0.292. The van der Waals surface area contributed by atoms with Crippen molar-refractivity contribution in [1.29, 1.82) is 0 Å². The zero-order chi connectivity index (χ0) is 15.5. The van der Waals surface area contributed by atoms with Crippen LogP contribution in [-0.2, 0) is 19.3 Å². The number of hydrogen-bond acceptors (Lipinski definition) is 3. The predicted molar refractivity (Wildman–Crippen MR) is 66.0 cm³/mol. The predicted octanol–water partition coefficient (Wildman–Crippen LogP) is 2.98. The Bertz CT molecular complexity index is 478. The van der Waals surface area contributed by atoms with E-state index in [1.54, 1.807) is 13.8 Å². The van der Waals surface area contributed by atoms with E-state index in [1.807, 2.05) is 0 Å².